The highest BCUT2D eigenvalue weighted by molar-refractivity contribution is 7.04. The van der Waals surface area contributed by atoms with Crippen molar-refractivity contribution in [3.63, 3.8) is 0 Å². The molecule has 0 aliphatic heterocycles. The first-order chi connectivity index (χ1) is 10.2. The third-order valence-corrected chi connectivity index (χ3v) is 7.60. The summed E-state index contributed by atoms with van der Waals surface area (Å²) < 4.78 is 0. The lowest BCUT2D eigenvalue weighted by Crippen LogP contribution is -2.43. The summed E-state index contributed by atoms with van der Waals surface area (Å²) in [6.07, 6.45) is 7.96. The van der Waals surface area contributed by atoms with Crippen molar-refractivity contribution in [3.8, 4) is 0 Å². The molecule has 0 N–H and O–H groups in total. The van der Waals surface area contributed by atoms with Crippen molar-refractivity contribution in [2.75, 3.05) is 0 Å². The van der Waals surface area contributed by atoms with E-state index in [0.29, 0.717) is 0 Å². The van der Waals surface area contributed by atoms with E-state index in [1.165, 1.54) is 23.2 Å². The molecule has 2 rings (SSSR count). The van der Waals surface area contributed by atoms with Crippen molar-refractivity contribution in [3.05, 3.63) is 66.5 Å². The number of hydrogen-bond donors (Lipinski definition) is 0. The van der Waals surface area contributed by atoms with Crippen LogP contribution >= 0.6 is 0 Å². The smallest absolute Gasteiger partial charge is 0.114 e. The number of rotatable bonds is 6. The van der Waals surface area contributed by atoms with Crippen molar-refractivity contribution in [1.29, 1.82) is 0 Å². The minimum Gasteiger partial charge on any atom is -0.257 e. The van der Waals surface area contributed by atoms with E-state index in [4.69, 9.17) is 0 Å². The standard InChI is InChI=1S/C19H25NSi/c1-4-5-7-15-19(18-14-10-11-16-20-18)21(2,3)17-12-8-6-9-13-17/h6,8-16H,4-5,7H2,1-3H3/b19-15+. The van der Waals surface area contributed by atoms with E-state index in [2.05, 4.69) is 73.5 Å². The third-order valence-electron chi connectivity index (χ3n) is 4.02. The van der Waals surface area contributed by atoms with Crippen LogP contribution in [0.3, 0.4) is 0 Å². The van der Waals surface area contributed by atoms with E-state index in [0.717, 1.165) is 12.1 Å². The van der Waals surface area contributed by atoms with Crippen LogP contribution in [0.1, 0.15) is 31.9 Å². The van der Waals surface area contributed by atoms with Gasteiger partial charge in [0.1, 0.15) is 8.07 Å². The van der Waals surface area contributed by atoms with E-state index >= 15 is 0 Å². The molecule has 0 unspecified atom stereocenters. The first-order valence-corrected chi connectivity index (χ1v) is 10.8. The van der Waals surface area contributed by atoms with Gasteiger partial charge in [0.05, 0.1) is 5.69 Å². The highest BCUT2D eigenvalue weighted by atomic mass is 28.3. The van der Waals surface area contributed by atoms with Crippen LogP contribution in [0.25, 0.3) is 5.20 Å². The molecule has 1 nitrogen and oxygen atoms in total. The summed E-state index contributed by atoms with van der Waals surface area (Å²) in [4.78, 5) is 4.62. The molecule has 0 atom stereocenters. The topological polar surface area (TPSA) is 12.9 Å². The zero-order chi connectivity index (χ0) is 15.1. The molecule has 2 aromatic rings. The first-order valence-electron chi connectivity index (χ1n) is 7.84. The first kappa shape index (κ1) is 15.7. The lowest BCUT2D eigenvalue weighted by Gasteiger charge is -2.26. The van der Waals surface area contributed by atoms with Crippen LogP contribution in [0.15, 0.2) is 60.8 Å². The molecule has 0 fully saturated rings. The van der Waals surface area contributed by atoms with Crippen LogP contribution in [0, 0.1) is 0 Å². The highest BCUT2D eigenvalue weighted by Gasteiger charge is 2.29. The molecule has 0 saturated heterocycles. The fourth-order valence-corrected chi connectivity index (χ4v) is 5.44. The number of hydrogen-bond acceptors (Lipinski definition) is 1. The maximum absolute atomic E-state index is 4.62. The van der Waals surface area contributed by atoms with E-state index in [-0.39, 0.29) is 0 Å². The summed E-state index contributed by atoms with van der Waals surface area (Å²) >= 11 is 0. The Morgan fingerprint density at radius 3 is 2.38 bits per heavy atom. The van der Waals surface area contributed by atoms with E-state index < -0.39 is 8.07 Å². The SMILES string of the molecule is CCCC/C=C(\c1ccccn1)[Si](C)(C)c1ccccc1. The Balaban J connectivity index is 2.42. The molecule has 0 amide bonds. The third kappa shape index (κ3) is 3.91. The van der Waals surface area contributed by atoms with Gasteiger partial charge in [-0.25, -0.2) is 0 Å². The van der Waals surface area contributed by atoms with Crippen molar-refractivity contribution in [2.45, 2.75) is 39.3 Å². The quantitative estimate of drug-likeness (QED) is 0.550. The summed E-state index contributed by atoms with van der Waals surface area (Å²) in [7, 11) is -1.70. The van der Waals surface area contributed by atoms with Crippen LogP contribution < -0.4 is 5.19 Å². The van der Waals surface area contributed by atoms with Gasteiger partial charge in [-0.1, -0.05) is 80.5 Å². The molecule has 0 aliphatic rings. The molecule has 0 aliphatic carbocycles. The van der Waals surface area contributed by atoms with Crippen molar-refractivity contribution >= 4 is 18.5 Å². The minimum absolute atomic E-state index is 1.14. The molecule has 110 valence electrons. The van der Waals surface area contributed by atoms with Gasteiger partial charge in [0.15, 0.2) is 0 Å². The van der Waals surface area contributed by atoms with Crippen molar-refractivity contribution in [1.82, 2.24) is 4.98 Å². The summed E-state index contributed by atoms with van der Waals surface area (Å²) in [6.45, 7) is 7.09. The summed E-state index contributed by atoms with van der Waals surface area (Å²) in [6, 6.07) is 17.1. The van der Waals surface area contributed by atoms with Crippen LogP contribution in [-0.4, -0.2) is 13.1 Å². The molecule has 1 heterocycles. The number of aromatic nitrogens is 1. The van der Waals surface area contributed by atoms with Crippen LogP contribution in [0.2, 0.25) is 13.1 Å². The average molecular weight is 296 g/mol. The van der Waals surface area contributed by atoms with Gasteiger partial charge in [0, 0.05) is 6.20 Å². The second kappa shape index (κ2) is 7.37. The molecule has 21 heavy (non-hydrogen) atoms. The number of benzene rings is 1. The van der Waals surface area contributed by atoms with Crippen LogP contribution in [0.5, 0.6) is 0 Å². The van der Waals surface area contributed by atoms with Crippen LogP contribution in [0.4, 0.5) is 0 Å². The van der Waals surface area contributed by atoms with Crippen molar-refractivity contribution < 1.29 is 0 Å². The van der Waals surface area contributed by atoms with Gasteiger partial charge in [-0.15, -0.1) is 0 Å². The summed E-state index contributed by atoms with van der Waals surface area (Å²) in [5.41, 5.74) is 1.15. The monoisotopic (exact) mass is 295 g/mol. The van der Waals surface area contributed by atoms with Gasteiger partial charge >= 0.3 is 0 Å². The van der Waals surface area contributed by atoms with Crippen molar-refractivity contribution in [2.24, 2.45) is 0 Å². The van der Waals surface area contributed by atoms with Gasteiger partial charge < -0.3 is 0 Å². The molecule has 2 heteroatoms. The predicted molar refractivity (Wildman–Crippen MR) is 95.3 cm³/mol. The number of allylic oxidation sites excluding steroid dienone is 1. The Hall–Kier alpha value is -1.67. The molecule has 0 saturated carbocycles. The molecule has 1 aromatic carbocycles. The molecule has 0 bridgehead atoms. The fraction of sp³-hybridized carbons (Fsp3) is 0.316. The zero-order valence-electron chi connectivity index (χ0n) is 13.3. The summed E-state index contributed by atoms with van der Waals surface area (Å²) in [5.74, 6) is 0. The maximum Gasteiger partial charge on any atom is 0.114 e. The van der Waals surface area contributed by atoms with Crippen LogP contribution in [-0.2, 0) is 0 Å². The fourth-order valence-electron chi connectivity index (χ4n) is 2.66. The molecule has 0 radical (unpaired) electrons. The normalized spacial score (nSPS) is 12.4. The predicted octanol–water partition coefficient (Wildman–Crippen LogP) is 4.81. The second-order valence-electron chi connectivity index (χ2n) is 5.97. The van der Waals surface area contributed by atoms with Gasteiger partial charge in [-0.2, -0.15) is 0 Å². The van der Waals surface area contributed by atoms with E-state index in [9.17, 15) is 0 Å². The van der Waals surface area contributed by atoms with E-state index in [1.54, 1.807) is 0 Å². The Morgan fingerprint density at radius 2 is 1.76 bits per heavy atom. The zero-order valence-corrected chi connectivity index (χ0v) is 14.3. The second-order valence-corrected chi connectivity index (χ2v) is 10.3. The number of unbranched alkanes of at least 4 members (excludes halogenated alkanes) is 2. The van der Waals surface area contributed by atoms with Gasteiger partial charge in [-0.05, 0) is 23.7 Å². The molecule has 0 spiro atoms. The van der Waals surface area contributed by atoms with E-state index in [1.807, 2.05) is 12.3 Å². The molecular weight excluding hydrogens is 270 g/mol. The number of nitrogens with zero attached hydrogens (tertiary/aromatic N) is 1. The molecule has 1 aromatic heterocycles. The largest absolute Gasteiger partial charge is 0.257 e. The minimum atomic E-state index is -1.70. The highest BCUT2D eigenvalue weighted by Crippen LogP contribution is 2.25. The van der Waals surface area contributed by atoms with Gasteiger partial charge in [0.25, 0.3) is 0 Å². The Labute approximate surface area is 129 Å². The Bertz CT molecular complexity index is 573. The maximum atomic E-state index is 4.62. The lowest BCUT2D eigenvalue weighted by molar-refractivity contribution is 0.816. The molecular formula is C19H25NSi. The number of pyridine rings is 1. The Kier molecular flexibility index (Phi) is 5.51. The van der Waals surface area contributed by atoms with Gasteiger partial charge in [0.2, 0.25) is 0 Å². The average Bonchev–Trinajstić information content (AvgIpc) is 2.53. The lowest BCUT2D eigenvalue weighted by atomic mass is 10.2. The Morgan fingerprint density at radius 1 is 1.05 bits per heavy atom. The summed E-state index contributed by atoms with van der Waals surface area (Å²) in [5, 5.41) is 2.93. The van der Waals surface area contributed by atoms with Gasteiger partial charge in [-0.3, -0.25) is 4.98 Å².